The molecule has 6 rings (SSSR count). The molecule has 3 aromatic heterocycles. The average Bonchev–Trinajstić information content (AvgIpc) is 3.45. The molecule has 0 radical (unpaired) electrons. The van der Waals surface area contributed by atoms with Crippen molar-refractivity contribution in [3.8, 4) is 6.07 Å². The molecule has 0 spiro atoms. The number of anilines is 1. The lowest BCUT2D eigenvalue weighted by Crippen LogP contribution is -2.51. The first kappa shape index (κ1) is 22.9. The fourth-order valence-electron chi connectivity index (χ4n) is 5.84. The van der Waals surface area contributed by atoms with Crippen molar-refractivity contribution in [2.24, 2.45) is 0 Å². The summed E-state index contributed by atoms with van der Waals surface area (Å²) in [7, 11) is 0. The van der Waals surface area contributed by atoms with Crippen LogP contribution in [0.2, 0.25) is 0 Å². The highest BCUT2D eigenvalue weighted by Crippen LogP contribution is 2.35. The van der Waals surface area contributed by atoms with Crippen LogP contribution in [-0.2, 0) is 24.3 Å². The number of pyridine rings is 1. The quantitative estimate of drug-likeness (QED) is 0.590. The van der Waals surface area contributed by atoms with E-state index in [0.29, 0.717) is 37.4 Å². The first-order valence-electron chi connectivity index (χ1n) is 12.6. The third-order valence-electron chi connectivity index (χ3n) is 7.78. The van der Waals surface area contributed by atoms with Gasteiger partial charge in [-0.15, -0.1) is 0 Å². The summed E-state index contributed by atoms with van der Waals surface area (Å²) in [6.07, 6.45) is 1.99. The van der Waals surface area contributed by atoms with Crippen LogP contribution in [0.4, 0.5) is 10.1 Å². The van der Waals surface area contributed by atoms with Crippen LogP contribution in [0.5, 0.6) is 0 Å². The van der Waals surface area contributed by atoms with Crippen molar-refractivity contribution in [2.45, 2.75) is 45.4 Å². The van der Waals surface area contributed by atoms with Crippen molar-refractivity contribution in [1.82, 2.24) is 34.5 Å². The van der Waals surface area contributed by atoms with Gasteiger partial charge in [0.2, 0.25) is 5.91 Å². The van der Waals surface area contributed by atoms with E-state index in [0.717, 1.165) is 55.9 Å². The van der Waals surface area contributed by atoms with Crippen molar-refractivity contribution < 1.29 is 9.18 Å². The Hall–Kier alpha value is -3.49. The Labute approximate surface area is 208 Å². The third-order valence-corrected chi connectivity index (χ3v) is 7.78. The standard InChI is InChI=1S/C25H30FN9O/c1-16-9-19-21(13-32(16)15-24(36)31-7-5-28-6-8-31)30-34-17(2)12-33(14-23(19)34)22-4-3-18(10-27)35-25(22)20(26)11-29-35/h3-4,11,16-17,28H,5-9,12-15H2,1-2H3/t16-,17+/m0/s1. The van der Waals surface area contributed by atoms with Crippen molar-refractivity contribution in [2.75, 3.05) is 44.2 Å². The Kier molecular flexibility index (Phi) is 5.65. The number of amides is 1. The molecule has 6 heterocycles. The SMILES string of the molecule is C[C@@H]1CN(c2ccc(C#N)n3ncc(F)c23)Cc2c3c(nn21)CN(CC(=O)N1CCNCC1)[C@@H](C)C3. The number of carbonyl (C=O) groups is 1. The van der Waals surface area contributed by atoms with Gasteiger partial charge in [-0.25, -0.2) is 8.91 Å². The molecule has 11 heteroatoms. The number of hydrogen-bond acceptors (Lipinski definition) is 7. The van der Waals surface area contributed by atoms with E-state index in [9.17, 15) is 14.4 Å². The normalized spacial score (nSPS) is 22.4. The van der Waals surface area contributed by atoms with Crippen LogP contribution >= 0.6 is 0 Å². The molecule has 2 atom stereocenters. The summed E-state index contributed by atoms with van der Waals surface area (Å²) in [5.74, 6) is -0.253. The van der Waals surface area contributed by atoms with E-state index < -0.39 is 5.82 Å². The fourth-order valence-corrected chi connectivity index (χ4v) is 5.84. The minimum absolute atomic E-state index is 0.0901. The van der Waals surface area contributed by atoms with Gasteiger partial charge in [0, 0.05) is 50.9 Å². The number of halogens is 1. The predicted molar refractivity (Wildman–Crippen MR) is 131 cm³/mol. The Morgan fingerprint density at radius 3 is 2.81 bits per heavy atom. The Balaban J connectivity index is 1.27. The van der Waals surface area contributed by atoms with Crippen molar-refractivity contribution in [1.29, 1.82) is 5.26 Å². The second kappa shape index (κ2) is 8.87. The number of aromatic nitrogens is 4. The van der Waals surface area contributed by atoms with Gasteiger partial charge in [-0.05, 0) is 32.4 Å². The molecular weight excluding hydrogens is 461 g/mol. The molecular formula is C25H30FN9O. The summed E-state index contributed by atoms with van der Waals surface area (Å²) in [4.78, 5) is 19.2. The number of hydrogen-bond donors (Lipinski definition) is 1. The lowest BCUT2D eigenvalue weighted by molar-refractivity contribution is -0.133. The third kappa shape index (κ3) is 3.72. The Bertz CT molecular complexity index is 1370. The zero-order chi connectivity index (χ0) is 25.0. The van der Waals surface area contributed by atoms with Gasteiger partial charge in [0.25, 0.3) is 0 Å². The molecule has 3 aromatic rings. The summed E-state index contributed by atoms with van der Waals surface area (Å²) in [6, 6.07) is 5.90. The van der Waals surface area contributed by atoms with Gasteiger partial charge < -0.3 is 15.1 Å². The van der Waals surface area contributed by atoms with Crippen LogP contribution in [0.3, 0.4) is 0 Å². The number of carbonyl (C=O) groups excluding carboxylic acids is 1. The van der Waals surface area contributed by atoms with E-state index in [1.807, 2.05) is 11.0 Å². The number of rotatable bonds is 3. The molecule has 3 aliphatic heterocycles. The highest BCUT2D eigenvalue weighted by atomic mass is 19.1. The molecule has 1 fully saturated rings. The molecule has 0 aromatic carbocycles. The van der Waals surface area contributed by atoms with E-state index >= 15 is 0 Å². The van der Waals surface area contributed by atoms with Gasteiger partial charge in [-0.2, -0.15) is 15.5 Å². The largest absolute Gasteiger partial charge is 0.362 e. The van der Waals surface area contributed by atoms with Crippen LogP contribution in [0.1, 0.15) is 42.5 Å². The highest BCUT2D eigenvalue weighted by molar-refractivity contribution is 5.78. The van der Waals surface area contributed by atoms with Crippen LogP contribution in [-0.4, -0.2) is 80.4 Å². The van der Waals surface area contributed by atoms with Gasteiger partial charge in [-0.3, -0.25) is 14.4 Å². The first-order chi connectivity index (χ1) is 17.4. The highest BCUT2D eigenvalue weighted by Gasteiger charge is 2.35. The molecule has 0 unspecified atom stereocenters. The second-order valence-corrected chi connectivity index (χ2v) is 10.1. The lowest BCUT2D eigenvalue weighted by atomic mass is 9.97. The van der Waals surface area contributed by atoms with Crippen molar-refractivity contribution in [3.05, 3.63) is 46.8 Å². The van der Waals surface area contributed by atoms with Crippen molar-refractivity contribution >= 4 is 17.1 Å². The van der Waals surface area contributed by atoms with E-state index in [1.54, 1.807) is 6.07 Å². The fraction of sp³-hybridized carbons (Fsp3) is 0.520. The first-order valence-corrected chi connectivity index (χ1v) is 12.6. The molecule has 0 saturated carbocycles. The maximum absolute atomic E-state index is 14.7. The topological polar surface area (TPSA) is 97.7 Å². The molecule has 1 N–H and O–H groups in total. The molecule has 3 aliphatic rings. The second-order valence-electron chi connectivity index (χ2n) is 10.1. The van der Waals surface area contributed by atoms with E-state index in [-0.39, 0.29) is 18.0 Å². The van der Waals surface area contributed by atoms with E-state index in [4.69, 9.17) is 5.10 Å². The maximum Gasteiger partial charge on any atom is 0.236 e. The molecule has 1 saturated heterocycles. The van der Waals surface area contributed by atoms with E-state index in [2.05, 4.69) is 44.8 Å². The van der Waals surface area contributed by atoms with Crippen LogP contribution in [0.25, 0.3) is 5.52 Å². The summed E-state index contributed by atoms with van der Waals surface area (Å²) < 4.78 is 18.2. The molecule has 188 valence electrons. The summed E-state index contributed by atoms with van der Waals surface area (Å²) in [5.41, 5.74) is 4.77. The minimum Gasteiger partial charge on any atom is -0.362 e. The monoisotopic (exact) mass is 491 g/mol. The zero-order valence-corrected chi connectivity index (χ0v) is 20.6. The van der Waals surface area contributed by atoms with Gasteiger partial charge >= 0.3 is 0 Å². The summed E-state index contributed by atoms with van der Waals surface area (Å²) >= 11 is 0. The molecule has 1 amide bonds. The number of nitriles is 1. The molecule has 10 nitrogen and oxygen atoms in total. The van der Waals surface area contributed by atoms with Crippen LogP contribution in [0, 0.1) is 17.1 Å². The Morgan fingerprint density at radius 1 is 1.22 bits per heavy atom. The smallest absolute Gasteiger partial charge is 0.236 e. The average molecular weight is 492 g/mol. The van der Waals surface area contributed by atoms with Crippen molar-refractivity contribution in [3.63, 3.8) is 0 Å². The molecule has 0 aliphatic carbocycles. The lowest BCUT2D eigenvalue weighted by Gasteiger charge is -2.36. The molecule has 0 bridgehead atoms. The number of nitrogens with one attached hydrogen (secondary N) is 1. The van der Waals surface area contributed by atoms with Crippen LogP contribution in [0.15, 0.2) is 18.3 Å². The zero-order valence-electron chi connectivity index (χ0n) is 20.6. The number of piperazine rings is 1. The Morgan fingerprint density at radius 2 is 2.03 bits per heavy atom. The van der Waals surface area contributed by atoms with Gasteiger partial charge in [-0.1, -0.05) is 0 Å². The van der Waals surface area contributed by atoms with Crippen LogP contribution < -0.4 is 10.2 Å². The minimum atomic E-state index is -0.436. The predicted octanol–water partition coefficient (Wildman–Crippen LogP) is 1.30. The van der Waals surface area contributed by atoms with Gasteiger partial charge in [0.15, 0.2) is 5.82 Å². The number of nitrogens with zero attached hydrogens (tertiary/aromatic N) is 8. The molecule has 36 heavy (non-hydrogen) atoms. The van der Waals surface area contributed by atoms with Gasteiger partial charge in [0.05, 0.1) is 42.4 Å². The number of fused-ring (bicyclic) bond motifs is 4. The summed E-state index contributed by atoms with van der Waals surface area (Å²) in [6.45, 7) is 9.85. The van der Waals surface area contributed by atoms with Gasteiger partial charge in [0.1, 0.15) is 17.3 Å². The maximum atomic E-state index is 14.7. The van der Waals surface area contributed by atoms with E-state index in [1.165, 1.54) is 10.1 Å². The summed E-state index contributed by atoms with van der Waals surface area (Å²) in [5, 5.41) is 21.8.